The number of ether oxygens (including phenoxy) is 2. The molecule has 0 radical (unpaired) electrons. The van der Waals surface area contributed by atoms with Crippen molar-refractivity contribution in [3.63, 3.8) is 0 Å². The molecule has 7 nitrogen and oxygen atoms in total. The number of hydrogen-bond donors (Lipinski definition) is 1. The van der Waals surface area contributed by atoms with E-state index in [4.69, 9.17) is 9.47 Å². The summed E-state index contributed by atoms with van der Waals surface area (Å²) >= 11 is 0. The Bertz CT molecular complexity index is 834. The quantitative estimate of drug-likeness (QED) is 0.758. The van der Waals surface area contributed by atoms with Crippen molar-refractivity contribution in [1.82, 2.24) is 10.2 Å². The minimum absolute atomic E-state index is 0.166. The number of esters is 1. The molecule has 1 aliphatic carbocycles. The Balaban J connectivity index is 1.75. The Hall–Kier alpha value is -2.57. The molecule has 2 aliphatic rings. The summed E-state index contributed by atoms with van der Waals surface area (Å²) in [5.41, 5.74) is 0.182. The smallest absolute Gasteiger partial charge is 0.410 e. The highest BCUT2D eigenvalue weighted by molar-refractivity contribution is 5.89. The van der Waals surface area contributed by atoms with Crippen molar-refractivity contribution in [3.8, 4) is 0 Å². The van der Waals surface area contributed by atoms with Gasteiger partial charge >= 0.3 is 12.1 Å². The van der Waals surface area contributed by atoms with E-state index in [1.807, 2.05) is 32.9 Å². The summed E-state index contributed by atoms with van der Waals surface area (Å²) in [6.07, 6.45) is 1.76. The molecule has 30 heavy (non-hydrogen) atoms. The van der Waals surface area contributed by atoms with E-state index < -0.39 is 29.2 Å². The van der Waals surface area contributed by atoms with E-state index in [-0.39, 0.29) is 11.3 Å². The first-order valence-corrected chi connectivity index (χ1v) is 10.4. The number of carbonyl (C=O) groups is 3. The summed E-state index contributed by atoms with van der Waals surface area (Å²) < 4.78 is 10.3. The third kappa shape index (κ3) is 4.77. The van der Waals surface area contributed by atoms with Crippen LogP contribution in [-0.4, -0.2) is 48.2 Å². The number of carbonyl (C=O) groups excluding carboxylic acids is 3. The average molecular weight is 417 g/mol. The zero-order valence-electron chi connectivity index (χ0n) is 18.7. The van der Waals surface area contributed by atoms with Gasteiger partial charge in [-0.3, -0.25) is 9.69 Å². The van der Waals surface area contributed by atoms with E-state index in [9.17, 15) is 14.4 Å². The zero-order valence-corrected chi connectivity index (χ0v) is 18.7. The summed E-state index contributed by atoms with van der Waals surface area (Å²) in [4.78, 5) is 39.2. The Labute approximate surface area is 178 Å². The molecule has 1 N–H and O–H groups in total. The molecule has 0 unspecified atom stereocenters. The lowest BCUT2D eigenvalue weighted by molar-refractivity contribution is -0.126. The SMILES string of the molecule is COC(=O)c1ccc(C2(NC(=O)[C@H]3CC(C)(C)CN3C(=O)OC(C)(C)C)CC2)cc1. The summed E-state index contributed by atoms with van der Waals surface area (Å²) in [7, 11) is 1.35. The topological polar surface area (TPSA) is 84.9 Å². The molecule has 0 bridgehead atoms. The first-order chi connectivity index (χ1) is 13.9. The van der Waals surface area contributed by atoms with E-state index >= 15 is 0 Å². The van der Waals surface area contributed by atoms with Crippen molar-refractivity contribution in [2.45, 2.75) is 71.1 Å². The second kappa shape index (κ2) is 7.60. The van der Waals surface area contributed by atoms with Gasteiger partial charge in [0.1, 0.15) is 11.6 Å². The Morgan fingerprint density at radius 3 is 2.20 bits per heavy atom. The highest BCUT2D eigenvalue weighted by Crippen LogP contribution is 2.46. The number of methoxy groups -OCH3 is 1. The maximum atomic E-state index is 13.2. The van der Waals surface area contributed by atoms with Crippen LogP contribution < -0.4 is 5.32 Å². The van der Waals surface area contributed by atoms with Gasteiger partial charge < -0.3 is 14.8 Å². The van der Waals surface area contributed by atoms with Crippen LogP contribution in [-0.2, 0) is 19.8 Å². The van der Waals surface area contributed by atoms with Crippen LogP contribution in [0.5, 0.6) is 0 Å². The lowest BCUT2D eigenvalue weighted by Gasteiger charge is -2.29. The van der Waals surface area contributed by atoms with Gasteiger partial charge in [-0.2, -0.15) is 0 Å². The number of nitrogens with one attached hydrogen (secondary N) is 1. The fourth-order valence-electron chi connectivity index (χ4n) is 3.99. The Morgan fingerprint density at radius 1 is 1.10 bits per heavy atom. The van der Waals surface area contributed by atoms with Crippen LogP contribution in [0.1, 0.15) is 69.8 Å². The summed E-state index contributed by atoms with van der Waals surface area (Å²) in [5.74, 6) is -0.558. The van der Waals surface area contributed by atoms with Crippen LogP contribution >= 0.6 is 0 Å². The minimum atomic E-state index is -0.621. The molecule has 1 heterocycles. The molecule has 1 aromatic carbocycles. The molecule has 0 spiro atoms. The molecule has 7 heteroatoms. The minimum Gasteiger partial charge on any atom is -0.465 e. The van der Waals surface area contributed by atoms with E-state index in [1.54, 1.807) is 17.0 Å². The number of amides is 2. The summed E-state index contributed by atoms with van der Waals surface area (Å²) in [5, 5.41) is 3.17. The number of rotatable bonds is 4. The third-order valence-electron chi connectivity index (χ3n) is 5.62. The van der Waals surface area contributed by atoms with E-state index in [0.717, 1.165) is 18.4 Å². The lowest BCUT2D eigenvalue weighted by atomic mass is 9.90. The standard InChI is InChI=1S/C23H32N2O5/c1-21(2,3)30-20(28)25-14-22(4,5)13-17(25)18(26)24-23(11-12-23)16-9-7-15(8-10-16)19(27)29-6/h7-10,17H,11-14H2,1-6H3,(H,24,26)/t17-/m1/s1. The molecule has 1 aromatic rings. The molecule has 164 valence electrons. The van der Waals surface area contributed by atoms with E-state index in [2.05, 4.69) is 19.2 Å². The largest absolute Gasteiger partial charge is 0.465 e. The maximum absolute atomic E-state index is 13.2. The molecule has 1 aliphatic heterocycles. The molecule has 1 saturated carbocycles. The van der Waals surface area contributed by atoms with Crippen molar-refractivity contribution in [2.24, 2.45) is 5.41 Å². The van der Waals surface area contributed by atoms with Crippen molar-refractivity contribution in [3.05, 3.63) is 35.4 Å². The van der Waals surface area contributed by atoms with Gasteiger partial charge in [0.05, 0.1) is 18.2 Å². The van der Waals surface area contributed by atoms with E-state index in [0.29, 0.717) is 18.5 Å². The summed E-state index contributed by atoms with van der Waals surface area (Å²) in [6.45, 7) is 10.0. The van der Waals surface area contributed by atoms with Crippen molar-refractivity contribution in [2.75, 3.05) is 13.7 Å². The van der Waals surface area contributed by atoms with Gasteiger partial charge in [0, 0.05) is 6.54 Å². The van der Waals surface area contributed by atoms with Crippen molar-refractivity contribution < 1.29 is 23.9 Å². The van der Waals surface area contributed by atoms with Crippen LogP contribution in [0.2, 0.25) is 0 Å². The van der Waals surface area contributed by atoms with Gasteiger partial charge in [-0.15, -0.1) is 0 Å². The summed E-state index contributed by atoms with van der Waals surface area (Å²) in [6, 6.07) is 6.55. The average Bonchev–Trinajstić information content (AvgIpc) is 3.35. The van der Waals surface area contributed by atoms with Crippen LogP contribution in [0.25, 0.3) is 0 Å². The van der Waals surface area contributed by atoms with Gasteiger partial charge in [-0.05, 0) is 63.1 Å². The van der Waals surface area contributed by atoms with Crippen LogP contribution in [0.3, 0.4) is 0 Å². The molecule has 3 rings (SSSR count). The fraction of sp³-hybridized carbons (Fsp3) is 0.609. The highest BCUT2D eigenvalue weighted by atomic mass is 16.6. The van der Waals surface area contributed by atoms with Gasteiger partial charge in [-0.25, -0.2) is 9.59 Å². The van der Waals surface area contributed by atoms with Crippen LogP contribution in [0.4, 0.5) is 4.79 Å². The molecule has 2 amide bonds. The third-order valence-corrected chi connectivity index (χ3v) is 5.62. The molecular formula is C23H32N2O5. The van der Waals surface area contributed by atoms with Gasteiger partial charge in [-0.1, -0.05) is 26.0 Å². The monoisotopic (exact) mass is 416 g/mol. The van der Waals surface area contributed by atoms with Crippen LogP contribution in [0, 0.1) is 5.41 Å². The number of hydrogen-bond acceptors (Lipinski definition) is 5. The number of nitrogens with zero attached hydrogens (tertiary/aromatic N) is 1. The second-order valence-corrected chi connectivity index (χ2v) is 10.1. The second-order valence-electron chi connectivity index (χ2n) is 10.1. The molecule has 0 aromatic heterocycles. The highest BCUT2D eigenvalue weighted by Gasteiger charge is 2.50. The fourth-order valence-corrected chi connectivity index (χ4v) is 3.99. The van der Waals surface area contributed by atoms with Crippen molar-refractivity contribution >= 4 is 18.0 Å². The first-order valence-electron chi connectivity index (χ1n) is 10.4. The van der Waals surface area contributed by atoms with Gasteiger partial charge in [0.15, 0.2) is 0 Å². The van der Waals surface area contributed by atoms with E-state index in [1.165, 1.54) is 7.11 Å². The zero-order chi connectivity index (χ0) is 22.3. The van der Waals surface area contributed by atoms with Gasteiger partial charge in [0.2, 0.25) is 5.91 Å². The maximum Gasteiger partial charge on any atom is 0.410 e. The molecule has 1 saturated heterocycles. The molecular weight excluding hydrogens is 384 g/mol. The first kappa shape index (κ1) is 22.1. The van der Waals surface area contributed by atoms with Gasteiger partial charge in [0.25, 0.3) is 0 Å². The molecule has 1 atom stereocenters. The molecule has 2 fully saturated rings. The van der Waals surface area contributed by atoms with Crippen molar-refractivity contribution in [1.29, 1.82) is 0 Å². The predicted octanol–water partition coefficient (Wildman–Crippen LogP) is 3.61. The predicted molar refractivity (Wildman–Crippen MR) is 112 cm³/mol. The van der Waals surface area contributed by atoms with Crippen LogP contribution in [0.15, 0.2) is 24.3 Å². The normalized spacial score (nSPS) is 21.7. The Kier molecular flexibility index (Phi) is 5.60. The Morgan fingerprint density at radius 2 is 1.70 bits per heavy atom. The number of benzene rings is 1. The lowest BCUT2D eigenvalue weighted by Crippen LogP contribution is -2.50. The number of likely N-dealkylation sites (tertiary alicyclic amines) is 1.